The molecule has 0 saturated carbocycles. The van der Waals surface area contributed by atoms with Crippen LogP contribution < -0.4 is 0 Å². The van der Waals surface area contributed by atoms with E-state index in [1.54, 1.807) is 0 Å². The highest BCUT2D eigenvalue weighted by atomic mass is 16.5. The fourth-order valence-corrected chi connectivity index (χ4v) is 5.72. The summed E-state index contributed by atoms with van der Waals surface area (Å²) in [5, 5.41) is 31.5. The summed E-state index contributed by atoms with van der Waals surface area (Å²) in [6, 6.07) is 11.0. The quantitative estimate of drug-likeness (QED) is 0.606. The number of benzene rings is 2. The van der Waals surface area contributed by atoms with Crippen molar-refractivity contribution in [1.82, 2.24) is 0 Å². The lowest BCUT2D eigenvalue weighted by molar-refractivity contribution is -0.210. The Hall–Kier alpha value is -1.72. The van der Waals surface area contributed by atoms with E-state index < -0.39 is 30.3 Å². The van der Waals surface area contributed by atoms with Crippen LogP contribution in [-0.4, -0.2) is 40.2 Å². The first-order valence-corrected chi connectivity index (χ1v) is 12.3. The second-order valence-corrected chi connectivity index (χ2v) is 9.66. The van der Waals surface area contributed by atoms with Crippen LogP contribution in [0, 0.1) is 12.8 Å². The molecule has 5 atom stereocenters. The Morgan fingerprint density at radius 1 is 1.00 bits per heavy atom. The van der Waals surface area contributed by atoms with Gasteiger partial charge in [-0.3, -0.25) is 0 Å². The van der Waals surface area contributed by atoms with Gasteiger partial charge in [-0.05, 0) is 78.8 Å². The van der Waals surface area contributed by atoms with E-state index in [1.807, 2.05) is 6.92 Å². The minimum atomic E-state index is -0.994. The summed E-state index contributed by atoms with van der Waals surface area (Å²) >= 11 is 0. The molecule has 4 heteroatoms. The predicted octanol–water partition coefficient (Wildman–Crippen LogP) is 4.21. The van der Waals surface area contributed by atoms with Gasteiger partial charge in [-0.1, -0.05) is 56.2 Å². The molecule has 4 nitrogen and oxygen atoms in total. The van der Waals surface area contributed by atoms with Gasteiger partial charge >= 0.3 is 0 Å². The Balaban J connectivity index is 1.81. The number of aliphatic hydroxyl groups is 3. The smallest absolute Gasteiger partial charge is 0.106 e. The van der Waals surface area contributed by atoms with Crippen molar-refractivity contribution in [3.8, 4) is 0 Å². The Morgan fingerprint density at radius 3 is 2.38 bits per heavy atom. The molecule has 1 fully saturated rings. The molecule has 2 aliphatic rings. The fraction of sp³-hybridized carbons (Fsp3) is 0.571. The van der Waals surface area contributed by atoms with Crippen molar-refractivity contribution in [1.29, 1.82) is 0 Å². The van der Waals surface area contributed by atoms with Crippen molar-refractivity contribution in [2.45, 2.75) is 90.1 Å². The Labute approximate surface area is 192 Å². The highest BCUT2D eigenvalue weighted by Gasteiger charge is 2.45. The van der Waals surface area contributed by atoms with E-state index in [0.717, 1.165) is 37.7 Å². The molecule has 4 rings (SSSR count). The van der Waals surface area contributed by atoms with Crippen LogP contribution in [0.1, 0.15) is 78.2 Å². The molecule has 0 spiro atoms. The molecule has 1 heterocycles. The third kappa shape index (κ3) is 4.38. The van der Waals surface area contributed by atoms with Crippen LogP contribution in [-0.2, 0) is 30.4 Å². The first kappa shape index (κ1) is 23.4. The van der Waals surface area contributed by atoms with E-state index in [9.17, 15) is 15.3 Å². The third-order valence-corrected chi connectivity index (χ3v) is 7.46. The summed E-state index contributed by atoms with van der Waals surface area (Å²) in [5.41, 5.74) is 9.29. The van der Waals surface area contributed by atoms with E-state index in [0.29, 0.717) is 6.42 Å². The number of fused-ring (bicyclic) bond motifs is 1. The summed E-state index contributed by atoms with van der Waals surface area (Å²) in [6.45, 7) is 6.06. The van der Waals surface area contributed by atoms with Crippen molar-refractivity contribution in [2.24, 2.45) is 5.92 Å². The number of hydrogen-bond acceptors (Lipinski definition) is 4. The van der Waals surface area contributed by atoms with Gasteiger partial charge in [-0.25, -0.2) is 0 Å². The molecule has 1 saturated heterocycles. The first-order chi connectivity index (χ1) is 15.5. The van der Waals surface area contributed by atoms with Crippen LogP contribution in [0.15, 0.2) is 30.3 Å². The lowest BCUT2D eigenvalue weighted by Gasteiger charge is -2.43. The number of aliphatic hydroxyl groups excluding tert-OH is 3. The number of ether oxygens (including phenoxy) is 1. The summed E-state index contributed by atoms with van der Waals surface area (Å²) in [5.74, 6) is -0.532. The van der Waals surface area contributed by atoms with E-state index in [1.165, 1.54) is 39.8 Å². The zero-order valence-electron chi connectivity index (χ0n) is 19.7. The van der Waals surface area contributed by atoms with Crippen LogP contribution in [0.25, 0.3) is 0 Å². The summed E-state index contributed by atoms with van der Waals surface area (Å²) < 4.78 is 6.41. The van der Waals surface area contributed by atoms with Gasteiger partial charge in [0.2, 0.25) is 0 Å². The second-order valence-electron chi connectivity index (χ2n) is 9.66. The zero-order valence-corrected chi connectivity index (χ0v) is 19.7. The largest absolute Gasteiger partial charge is 0.396 e. The molecule has 0 aromatic heterocycles. The second kappa shape index (κ2) is 10.0. The van der Waals surface area contributed by atoms with Crippen LogP contribution in [0.5, 0.6) is 0 Å². The fourth-order valence-electron chi connectivity index (χ4n) is 5.72. The molecule has 174 valence electrons. The monoisotopic (exact) mass is 438 g/mol. The first-order valence-electron chi connectivity index (χ1n) is 12.3. The SMILES string of the molecule is CCCc1c(C2OC(CC)C(O)C(O)C2CO)cc(Cc2ccc(C)cc2)c2c1CCC2. The maximum absolute atomic E-state index is 10.8. The lowest BCUT2D eigenvalue weighted by Crippen LogP contribution is -2.52. The summed E-state index contributed by atoms with van der Waals surface area (Å²) in [6.07, 6.45) is 4.07. The van der Waals surface area contributed by atoms with Crippen LogP contribution in [0.3, 0.4) is 0 Å². The van der Waals surface area contributed by atoms with Crippen molar-refractivity contribution >= 4 is 0 Å². The van der Waals surface area contributed by atoms with E-state index in [4.69, 9.17) is 4.74 Å². The minimum absolute atomic E-state index is 0.213. The van der Waals surface area contributed by atoms with Crippen molar-refractivity contribution < 1.29 is 20.1 Å². The lowest BCUT2D eigenvalue weighted by atomic mass is 9.78. The highest BCUT2D eigenvalue weighted by molar-refractivity contribution is 5.51. The van der Waals surface area contributed by atoms with Gasteiger partial charge in [0.1, 0.15) is 6.10 Å². The molecule has 1 aliphatic heterocycles. The number of aryl methyl sites for hydroxylation is 1. The minimum Gasteiger partial charge on any atom is -0.396 e. The average molecular weight is 439 g/mol. The van der Waals surface area contributed by atoms with Gasteiger partial charge in [0.25, 0.3) is 0 Å². The summed E-state index contributed by atoms with van der Waals surface area (Å²) in [4.78, 5) is 0. The van der Waals surface area contributed by atoms with Crippen molar-refractivity contribution in [3.05, 3.63) is 69.3 Å². The van der Waals surface area contributed by atoms with Gasteiger partial charge in [-0.15, -0.1) is 0 Å². The molecule has 0 radical (unpaired) electrons. The van der Waals surface area contributed by atoms with Crippen LogP contribution >= 0.6 is 0 Å². The molecule has 5 unspecified atom stereocenters. The normalized spacial score (nSPS) is 27.5. The Bertz CT molecular complexity index is 920. The van der Waals surface area contributed by atoms with Crippen LogP contribution in [0.4, 0.5) is 0 Å². The topological polar surface area (TPSA) is 69.9 Å². The van der Waals surface area contributed by atoms with E-state index in [-0.39, 0.29) is 6.61 Å². The molecule has 1 aliphatic carbocycles. The zero-order chi connectivity index (χ0) is 22.8. The van der Waals surface area contributed by atoms with Crippen LogP contribution in [0.2, 0.25) is 0 Å². The number of hydrogen-bond donors (Lipinski definition) is 3. The van der Waals surface area contributed by atoms with E-state index in [2.05, 4.69) is 44.2 Å². The maximum Gasteiger partial charge on any atom is 0.106 e. The van der Waals surface area contributed by atoms with Gasteiger partial charge in [-0.2, -0.15) is 0 Å². The third-order valence-electron chi connectivity index (χ3n) is 7.46. The maximum atomic E-state index is 10.8. The summed E-state index contributed by atoms with van der Waals surface area (Å²) in [7, 11) is 0. The molecule has 0 amide bonds. The standard InChI is InChI=1S/C28H38O4/c1-4-7-21-22-9-6-8-20(22)19(14-18-12-10-17(3)11-13-18)15-23(21)28-24(16-29)26(30)27(31)25(5-2)32-28/h10-13,15,24-31H,4-9,14,16H2,1-3H3. The molecular formula is C28H38O4. The predicted molar refractivity (Wildman–Crippen MR) is 127 cm³/mol. The van der Waals surface area contributed by atoms with Gasteiger partial charge in [0, 0.05) is 5.92 Å². The Kier molecular flexibility index (Phi) is 7.36. The average Bonchev–Trinajstić information content (AvgIpc) is 3.29. The van der Waals surface area contributed by atoms with Gasteiger partial charge < -0.3 is 20.1 Å². The van der Waals surface area contributed by atoms with Gasteiger partial charge in [0.15, 0.2) is 0 Å². The highest BCUT2D eigenvalue weighted by Crippen LogP contribution is 2.43. The molecule has 3 N–H and O–H groups in total. The van der Waals surface area contributed by atoms with E-state index >= 15 is 0 Å². The van der Waals surface area contributed by atoms with Crippen molar-refractivity contribution in [2.75, 3.05) is 6.61 Å². The van der Waals surface area contributed by atoms with Crippen molar-refractivity contribution in [3.63, 3.8) is 0 Å². The molecule has 2 aromatic rings. The molecule has 32 heavy (non-hydrogen) atoms. The molecule has 2 aromatic carbocycles. The van der Waals surface area contributed by atoms with Gasteiger partial charge in [0.05, 0.1) is 24.9 Å². The number of rotatable bonds is 7. The Morgan fingerprint density at radius 2 is 1.72 bits per heavy atom. The molecular weight excluding hydrogens is 400 g/mol. The molecule has 0 bridgehead atoms.